The summed E-state index contributed by atoms with van der Waals surface area (Å²) in [6, 6.07) is 7.24. The highest BCUT2D eigenvalue weighted by atomic mass is 32.1. The Hall–Kier alpha value is -1.81. The Kier molecular flexibility index (Phi) is 3.67. The largest absolute Gasteiger partial charge is 0.298 e. The lowest BCUT2D eigenvalue weighted by Gasteiger charge is -1.96. The van der Waals surface area contributed by atoms with Gasteiger partial charge in [0.1, 0.15) is 11.3 Å². The number of ketones is 1. The highest BCUT2D eigenvalue weighted by molar-refractivity contribution is 7.17. The van der Waals surface area contributed by atoms with Gasteiger partial charge in [-0.15, -0.1) is 11.3 Å². The van der Waals surface area contributed by atoms with Crippen LogP contribution in [0.25, 0.3) is 10.6 Å². The Morgan fingerprint density at radius 2 is 2.22 bits per heavy atom. The summed E-state index contributed by atoms with van der Waals surface area (Å²) in [5, 5.41) is 0.785. The van der Waals surface area contributed by atoms with Gasteiger partial charge in [-0.2, -0.15) is 0 Å². The lowest BCUT2D eigenvalue weighted by molar-refractivity contribution is 0.0991. The fraction of sp³-hybridized carbons (Fsp3) is 0.214. The van der Waals surface area contributed by atoms with Crippen LogP contribution in [0.2, 0.25) is 0 Å². The predicted octanol–water partition coefficient (Wildman–Crippen LogP) is 3.52. The van der Waals surface area contributed by atoms with Crippen LogP contribution in [0.15, 0.2) is 24.3 Å². The lowest BCUT2D eigenvalue weighted by Crippen LogP contribution is -1.94. The van der Waals surface area contributed by atoms with E-state index in [0.717, 1.165) is 22.6 Å². The molecule has 1 heterocycles. The third kappa shape index (κ3) is 2.38. The van der Waals surface area contributed by atoms with E-state index in [1.807, 2.05) is 26.0 Å². The van der Waals surface area contributed by atoms with Crippen LogP contribution in [0.5, 0.6) is 0 Å². The molecule has 1 aromatic carbocycles. The van der Waals surface area contributed by atoms with Gasteiger partial charge in [-0.1, -0.05) is 25.1 Å². The van der Waals surface area contributed by atoms with Crippen molar-refractivity contribution in [2.75, 3.05) is 0 Å². The summed E-state index contributed by atoms with van der Waals surface area (Å²) in [4.78, 5) is 27.6. The first-order valence-electron chi connectivity index (χ1n) is 5.72. The second-order valence-electron chi connectivity index (χ2n) is 3.95. The summed E-state index contributed by atoms with van der Waals surface area (Å²) in [7, 11) is 0. The van der Waals surface area contributed by atoms with Crippen LogP contribution in [0.4, 0.5) is 0 Å². The minimum atomic E-state index is 0.114. The fourth-order valence-electron chi connectivity index (χ4n) is 1.68. The normalized spacial score (nSPS) is 10.3. The third-order valence-corrected chi connectivity index (χ3v) is 3.89. The van der Waals surface area contributed by atoms with Crippen LogP contribution in [0, 0.1) is 6.92 Å². The number of rotatable bonds is 4. The van der Waals surface area contributed by atoms with Gasteiger partial charge in [0.2, 0.25) is 0 Å². The average molecular weight is 259 g/mol. The molecule has 0 amide bonds. The highest BCUT2D eigenvalue weighted by Gasteiger charge is 2.14. The quantitative estimate of drug-likeness (QED) is 0.623. The number of thiazole rings is 1. The number of hydrogen-bond donors (Lipinski definition) is 0. The molecule has 0 saturated carbocycles. The minimum absolute atomic E-state index is 0.114. The van der Waals surface area contributed by atoms with Gasteiger partial charge in [-0.25, -0.2) is 4.98 Å². The number of carbonyl (C=O) groups is 2. The van der Waals surface area contributed by atoms with Crippen LogP contribution in [0.1, 0.15) is 39.1 Å². The molecule has 0 bridgehead atoms. The van der Waals surface area contributed by atoms with Gasteiger partial charge >= 0.3 is 0 Å². The first-order chi connectivity index (χ1) is 8.65. The van der Waals surface area contributed by atoms with Crippen molar-refractivity contribution in [2.24, 2.45) is 0 Å². The maximum atomic E-state index is 11.7. The summed E-state index contributed by atoms with van der Waals surface area (Å²) < 4.78 is 0. The lowest BCUT2D eigenvalue weighted by atomic mass is 10.1. The molecule has 0 fully saturated rings. The molecule has 3 nitrogen and oxygen atoms in total. The summed E-state index contributed by atoms with van der Waals surface area (Å²) >= 11 is 1.39. The molecular formula is C14H13NO2S. The zero-order valence-electron chi connectivity index (χ0n) is 10.3. The van der Waals surface area contributed by atoms with Crippen molar-refractivity contribution in [2.45, 2.75) is 20.3 Å². The van der Waals surface area contributed by atoms with E-state index < -0.39 is 0 Å². The van der Waals surface area contributed by atoms with Gasteiger partial charge in [0.25, 0.3) is 0 Å². The second-order valence-corrected chi connectivity index (χ2v) is 4.95. The van der Waals surface area contributed by atoms with Crippen LogP contribution in [0.3, 0.4) is 0 Å². The minimum Gasteiger partial charge on any atom is -0.298 e. The molecule has 0 aliphatic rings. The van der Waals surface area contributed by atoms with E-state index in [0.29, 0.717) is 16.9 Å². The Morgan fingerprint density at radius 3 is 2.89 bits per heavy atom. The molecular weight excluding hydrogens is 246 g/mol. The first kappa shape index (κ1) is 12.6. The fourth-order valence-corrected chi connectivity index (χ4v) is 2.76. The summed E-state index contributed by atoms with van der Waals surface area (Å²) in [6.45, 7) is 3.68. The van der Waals surface area contributed by atoms with E-state index in [2.05, 4.69) is 4.98 Å². The number of benzene rings is 1. The number of nitrogens with zero attached hydrogens (tertiary/aromatic N) is 1. The smallest absolute Gasteiger partial charge is 0.174 e. The van der Waals surface area contributed by atoms with E-state index in [9.17, 15) is 9.59 Å². The molecule has 0 saturated heterocycles. The monoisotopic (exact) mass is 259 g/mol. The van der Waals surface area contributed by atoms with Crippen LogP contribution < -0.4 is 0 Å². The van der Waals surface area contributed by atoms with E-state index in [1.54, 1.807) is 12.1 Å². The number of aryl methyl sites for hydroxylation is 1. The molecule has 0 N–H and O–H groups in total. The zero-order chi connectivity index (χ0) is 13.1. The van der Waals surface area contributed by atoms with E-state index in [4.69, 9.17) is 0 Å². The molecule has 4 heteroatoms. The molecule has 18 heavy (non-hydrogen) atoms. The SMILES string of the molecule is CCC(=O)c1sc(-c2cccc(C=O)c2)nc1C. The number of aldehydes is 1. The molecule has 0 spiro atoms. The van der Waals surface area contributed by atoms with Crippen molar-refractivity contribution in [3.05, 3.63) is 40.4 Å². The molecule has 0 unspecified atom stereocenters. The topological polar surface area (TPSA) is 47.0 Å². The summed E-state index contributed by atoms with van der Waals surface area (Å²) in [5.41, 5.74) is 2.25. The second kappa shape index (κ2) is 5.23. The van der Waals surface area contributed by atoms with Gasteiger partial charge in [0.05, 0.1) is 10.6 Å². The van der Waals surface area contributed by atoms with Crippen molar-refractivity contribution in [1.29, 1.82) is 0 Å². The van der Waals surface area contributed by atoms with Gasteiger partial charge in [-0.3, -0.25) is 9.59 Å². The van der Waals surface area contributed by atoms with Gasteiger partial charge in [-0.05, 0) is 13.0 Å². The molecule has 1 aromatic heterocycles. The number of Topliss-reactive ketones (excluding diaryl/α,β-unsaturated/α-hetero) is 1. The van der Waals surface area contributed by atoms with Crippen molar-refractivity contribution in [3.8, 4) is 10.6 Å². The van der Waals surface area contributed by atoms with Crippen molar-refractivity contribution < 1.29 is 9.59 Å². The number of carbonyl (C=O) groups excluding carboxylic acids is 2. The summed E-state index contributed by atoms with van der Waals surface area (Å²) in [5.74, 6) is 0.114. The standard InChI is InChI=1S/C14H13NO2S/c1-3-12(17)13-9(2)15-14(18-13)11-6-4-5-10(7-11)8-16/h4-8H,3H2,1-2H3. The Labute approximate surface area is 109 Å². The van der Waals surface area contributed by atoms with Crippen molar-refractivity contribution in [1.82, 2.24) is 4.98 Å². The van der Waals surface area contributed by atoms with Crippen molar-refractivity contribution >= 4 is 23.4 Å². The van der Waals surface area contributed by atoms with Crippen LogP contribution >= 0.6 is 11.3 Å². The Morgan fingerprint density at radius 1 is 1.44 bits per heavy atom. The molecule has 2 aromatic rings. The Bertz CT molecular complexity index is 602. The molecule has 0 radical (unpaired) electrons. The summed E-state index contributed by atoms with van der Waals surface area (Å²) in [6.07, 6.45) is 1.29. The Balaban J connectivity index is 2.45. The van der Waals surface area contributed by atoms with Crippen LogP contribution in [-0.4, -0.2) is 17.1 Å². The van der Waals surface area contributed by atoms with E-state index >= 15 is 0 Å². The molecule has 0 atom stereocenters. The maximum Gasteiger partial charge on any atom is 0.174 e. The number of aromatic nitrogens is 1. The van der Waals surface area contributed by atoms with Gasteiger partial charge in [0.15, 0.2) is 5.78 Å². The number of hydrogen-bond acceptors (Lipinski definition) is 4. The first-order valence-corrected chi connectivity index (χ1v) is 6.53. The van der Waals surface area contributed by atoms with Gasteiger partial charge in [0, 0.05) is 17.5 Å². The van der Waals surface area contributed by atoms with Crippen molar-refractivity contribution in [3.63, 3.8) is 0 Å². The van der Waals surface area contributed by atoms with Crippen LogP contribution in [-0.2, 0) is 0 Å². The zero-order valence-corrected chi connectivity index (χ0v) is 11.1. The van der Waals surface area contributed by atoms with E-state index in [1.165, 1.54) is 11.3 Å². The molecule has 92 valence electrons. The molecule has 0 aliphatic carbocycles. The average Bonchev–Trinajstić information content (AvgIpc) is 2.80. The molecule has 2 rings (SSSR count). The highest BCUT2D eigenvalue weighted by Crippen LogP contribution is 2.29. The van der Waals surface area contributed by atoms with E-state index in [-0.39, 0.29) is 5.78 Å². The van der Waals surface area contributed by atoms with Gasteiger partial charge < -0.3 is 0 Å². The predicted molar refractivity (Wildman–Crippen MR) is 72.3 cm³/mol. The third-order valence-electron chi connectivity index (χ3n) is 2.64. The molecule has 0 aliphatic heterocycles. The maximum absolute atomic E-state index is 11.7.